The fourth-order valence-electron chi connectivity index (χ4n) is 2.81. The first-order valence-corrected chi connectivity index (χ1v) is 8.01. The van der Waals surface area contributed by atoms with Crippen LogP contribution >= 0.6 is 0 Å². The highest BCUT2D eigenvalue weighted by Crippen LogP contribution is 2.38. The van der Waals surface area contributed by atoms with Crippen molar-refractivity contribution in [2.75, 3.05) is 19.6 Å². The molecule has 0 aromatic heterocycles. The standard InChI is InChI=1S/C17H23F3N2O2/c1-12-4-3-5-14(10-12)13(2)11-21-15(23)22-8-6-16(24,7-9-22)17(18,19)20/h3-5,10,13,24H,6-9,11H2,1-2H3,(H,21,23)/t13-/m0/s1. The molecule has 1 atom stereocenters. The van der Waals surface area contributed by atoms with E-state index in [9.17, 15) is 23.1 Å². The number of urea groups is 1. The number of piperidine rings is 1. The molecule has 1 aliphatic heterocycles. The lowest BCUT2D eigenvalue weighted by molar-refractivity contribution is -0.271. The average molecular weight is 344 g/mol. The number of aryl methyl sites for hydroxylation is 1. The van der Waals surface area contributed by atoms with Gasteiger partial charge in [-0.1, -0.05) is 36.8 Å². The van der Waals surface area contributed by atoms with E-state index in [1.54, 1.807) is 0 Å². The molecule has 2 amide bonds. The summed E-state index contributed by atoms with van der Waals surface area (Å²) in [6.07, 6.45) is -5.63. The third-order valence-corrected chi connectivity index (χ3v) is 4.58. The zero-order valence-electron chi connectivity index (χ0n) is 13.9. The fourth-order valence-corrected chi connectivity index (χ4v) is 2.81. The Labute approximate surface area is 139 Å². The number of hydrogen-bond donors (Lipinski definition) is 2. The molecule has 24 heavy (non-hydrogen) atoms. The van der Waals surface area contributed by atoms with Gasteiger partial charge in [0.25, 0.3) is 0 Å². The normalized spacial score (nSPS) is 19.0. The van der Waals surface area contributed by atoms with Crippen molar-refractivity contribution in [1.82, 2.24) is 10.2 Å². The number of aliphatic hydroxyl groups is 1. The van der Waals surface area contributed by atoms with Crippen LogP contribution in [0.2, 0.25) is 0 Å². The van der Waals surface area contributed by atoms with Crippen LogP contribution in [0.3, 0.4) is 0 Å². The molecule has 1 saturated heterocycles. The average Bonchev–Trinajstić information content (AvgIpc) is 2.52. The van der Waals surface area contributed by atoms with E-state index in [2.05, 4.69) is 5.32 Å². The minimum atomic E-state index is -4.66. The Hall–Kier alpha value is -1.76. The number of halogens is 3. The van der Waals surface area contributed by atoms with Crippen LogP contribution in [0.15, 0.2) is 24.3 Å². The maximum atomic E-state index is 12.8. The van der Waals surface area contributed by atoms with E-state index in [0.717, 1.165) is 11.1 Å². The topological polar surface area (TPSA) is 52.6 Å². The largest absolute Gasteiger partial charge is 0.417 e. The third-order valence-electron chi connectivity index (χ3n) is 4.58. The molecule has 1 heterocycles. The zero-order valence-corrected chi connectivity index (χ0v) is 13.9. The first kappa shape index (κ1) is 18.6. The maximum absolute atomic E-state index is 12.8. The SMILES string of the molecule is Cc1cccc([C@@H](C)CNC(=O)N2CCC(O)(C(F)(F)F)CC2)c1. The van der Waals surface area contributed by atoms with E-state index in [4.69, 9.17) is 0 Å². The van der Waals surface area contributed by atoms with Crippen LogP contribution in [0.1, 0.15) is 36.8 Å². The van der Waals surface area contributed by atoms with Gasteiger partial charge in [-0.25, -0.2) is 4.79 Å². The molecule has 0 unspecified atom stereocenters. The molecule has 134 valence electrons. The highest BCUT2D eigenvalue weighted by molar-refractivity contribution is 5.74. The molecule has 0 radical (unpaired) electrons. The lowest BCUT2D eigenvalue weighted by atomic mass is 9.91. The second-order valence-corrected chi connectivity index (χ2v) is 6.52. The number of carbonyl (C=O) groups excluding carboxylic acids is 1. The Morgan fingerprint density at radius 2 is 2.00 bits per heavy atom. The van der Waals surface area contributed by atoms with Crippen molar-refractivity contribution in [2.45, 2.75) is 44.4 Å². The molecular weight excluding hydrogens is 321 g/mol. The van der Waals surface area contributed by atoms with Gasteiger partial charge >= 0.3 is 12.2 Å². The summed E-state index contributed by atoms with van der Waals surface area (Å²) in [6.45, 7) is 4.15. The first-order valence-electron chi connectivity index (χ1n) is 8.01. The summed E-state index contributed by atoms with van der Waals surface area (Å²) in [5.41, 5.74) is -0.452. The highest BCUT2D eigenvalue weighted by Gasteiger charge is 2.54. The number of carbonyl (C=O) groups is 1. The van der Waals surface area contributed by atoms with E-state index >= 15 is 0 Å². The number of hydrogen-bond acceptors (Lipinski definition) is 2. The Balaban J connectivity index is 1.84. The van der Waals surface area contributed by atoms with Crippen LogP contribution < -0.4 is 5.32 Å². The van der Waals surface area contributed by atoms with Gasteiger partial charge in [0.1, 0.15) is 0 Å². The summed E-state index contributed by atoms with van der Waals surface area (Å²) in [4.78, 5) is 13.4. The van der Waals surface area contributed by atoms with E-state index in [-0.39, 0.29) is 19.0 Å². The summed E-state index contributed by atoms with van der Waals surface area (Å²) >= 11 is 0. The molecule has 1 aliphatic rings. The van der Waals surface area contributed by atoms with Crippen LogP contribution in [0.4, 0.5) is 18.0 Å². The van der Waals surface area contributed by atoms with Gasteiger partial charge in [-0.05, 0) is 18.4 Å². The van der Waals surface area contributed by atoms with Gasteiger partial charge in [0.15, 0.2) is 5.60 Å². The molecule has 4 nitrogen and oxygen atoms in total. The molecule has 0 aliphatic carbocycles. The van der Waals surface area contributed by atoms with Crippen molar-refractivity contribution in [1.29, 1.82) is 0 Å². The summed E-state index contributed by atoms with van der Waals surface area (Å²) < 4.78 is 38.3. The molecule has 2 N–H and O–H groups in total. The van der Waals surface area contributed by atoms with Crippen molar-refractivity contribution >= 4 is 6.03 Å². The predicted octanol–water partition coefficient (Wildman–Crippen LogP) is 3.20. The molecule has 7 heteroatoms. The fraction of sp³-hybridized carbons (Fsp3) is 0.588. The molecule has 0 spiro atoms. The van der Waals surface area contributed by atoms with E-state index in [1.165, 1.54) is 4.90 Å². The number of alkyl halides is 3. The Morgan fingerprint density at radius 1 is 1.38 bits per heavy atom. The molecule has 2 rings (SSSR count). The number of nitrogens with one attached hydrogen (secondary N) is 1. The molecule has 1 fully saturated rings. The smallest absolute Gasteiger partial charge is 0.380 e. The van der Waals surface area contributed by atoms with Crippen molar-refractivity contribution in [2.24, 2.45) is 0 Å². The number of benzene rings is 1. The lowest BCUT2D eigenvalue weighted by Crippen LogP contribution is -2.56. The van der Waals surface area contributed by atoms with Gasteiger partial charge in [0, 0.05) is 32.5 Å². The van der Waals surface area contributed by atoms with Gasteiger partial charge in [-0.15, -0.1) is 0 Å². The van der Waals surface area contributed by atoms with Crippen molar-refractivity contribution in [3.05, 3.63) is 35.4 Å². The Morgan fingerprint density at radius 3 is 2.54 bits per heavy atom. The molecule has 1 aromatic rings. The van der Waals surface area contributed by atoms with E-state index in [0.29, 0.717) is 6.54 Å². The molecule has 0 bridgehead atoms. The van der Waals surface area contributed by atoms with Gasteiger partial charge in [-0.2, -0.15) is 13.2 Å². The van der Waals surface area contributed by atoms with Crippen LogP contribution in [-0.4, -0.2) is 47.4 Å². The van der Waals surface area contributed by atoms with Gasteiger partial charge in [0.2, 0.25) is 0 Å². The quantitative estimate of drug-likeness (QED) is 0.885. The lowest BCUT2D eigenvalue weighted by Gasteiger charge is -2.39. The maximum Gasteiger partial charge on any atom is 0.417 e. The van der Waals surface area contributed by atoms with Crippen molar-refractivity contribution < 1.29 is 23.1 Å². The summed E-state index contributed by atoms with van der Waals surface area (Å²) in [7, 11) is 0. The third kappa shape index (κ3) is 4.20. The van der Waals surface area contributed by atoms with Gasteiger partial charge in [0.05, 0.1) is 0 Å². The predicted molar refractivity (Wildman–Crippen MR) is 84.8 cm³/mol. The summed E-state index contributed by atoms with van der Waals surface area (Å²) in [5, 5.41) is 12.4. The zero-order chi connectivity index (χ0) is 18.0. The monoisotopic (exact) mass is 344 g/mol. The number of likely N-dealkylation sites (tertiary alicyclic amines) is 1. The molecule has 0 saturated carbocycles. The van der Waals surface area contributed by atoms with Crippen LogP contribution in [0, 0.1) is 6.92 Å². The summed E-state index contributed by atoms with van der Waals surface area (Å²) in [6, 6.07) is 7.57. The summed E-state index contributed by atoms with van der Waals surface area (Å²) in [5.74, 6) is 0.103. The Kier molecular flexibility index (Phi) is 5.42. The van der Waals surface area contributed by atoms with Crippen LogP contribution in [-0.2, 0) is 0 Å². The van der Waals surface area contributed by atoms with Crippen molar-refractivity contribution in [3.8, 4) is 0 Å². The van der Waals surface area contributed by atoms with E-state index < -0.39 is 30.7 Å². The minimum absolute atomic E-state index is 0.103. The van der Waals surface area contributed by atoms with E-state index in [1.807, 2.05) is 38.1 Å². The molecule has 1 aromatic carbocycles. The first-order chi connectivity index (χ1) is 11.1. The number of nitrogens with zero attached hydrogens (tertiary/aromatic N) is 1. The van der Waals surface area contributed by atoms with Gasteiger partial charge < -0.3 is 15.3 Å². The number of amides is 2. The van der Waals surface area contributed by atoms with Crippen molar-refractivity contribution in [3.63, 3.8) is 0 Å². The second kappa shape index (κ2) is 7.01. The molecular formula is C17H23F3N2O2. The Bertz CT molecular complexity index is 581. The van der Waals surface area contributed by atoms with Crippen LogP contribution in [0.5, 0.6) is 0 Å². The second-order valence-electron chi connectivity index (χ2n) is 6.52. The van der Waals surface area contributed by atoms with Gasteiger partial charge in [-0.3, -0.25) is 0 Å². The minimum Gasteiger partial charge on any atom is -0.380 e. The highest BCUT2D eigenvalue weighted by atomic mass is 19.4. The van der Waals surface area contributed by atoms with Crippen LogP contribution in [0.25, 0.3) is 0 Å². The number of rotatable bonds is 3.